The Morgan fingerprint density at radius 1 is 1.40 bits per heavy atom. The maximum Gasteiger partial charge on any atom is 0.249 e. The number of rotatable bonds is 6. The van der Waals surface area contributed by atoms with Crippen LogP contribution < -0.4 is 15.8 Å². The van der Waals surface area contributed by atoms with Gasteiger partial charge in [-0.1, -0.05) is 6.07 Å². The zero-order valence-corrected chi connectivity index (χ0v) is 13.3. The molecule has 20 heavy (non-hydrogen) atoms. The molecule has 0 aliphatic rings. The topological polar surface area (TPSA) is 101 Å². The van der Waals surface area contributed by atoms with E-state index in [0.29, 0.717) is 5.56 Å². The van der Waals surface area contributed by atoms with Crippen molar-refractivity contribution in [1.29, 1.82) is 0 Å². The minimum Gasteiger partial charge on any atom is -0.366 e. The minimum absolute atomic E-state index is 0. The predicted molar refractivity (Wildman–Crippen MR) is 80.7 cm³/mol. The molecule has 0 bridgehead atoms. The lowest BCUT2D eigenvalue weighted by Crippen LogP contribution is -2.37. The molecule has 4 N–H and O–H groups in total. The van der Waals surface area contributed by atoms with Crippen LogP contribution in [-0.2, 0) is 10.0 Å². The van der Waals surface area contributed by atoms with Crippen LogP contribution in [0.4, 0.5) is 0 Å². The number of halogens is 1. The summed E-state index contributed by atoms with van der Waals surface area (Å²) in [4.78, 5) is 11.2. The highest BCUT2D eigenvalue weighted by atomic mass is 35.5. The third kappa shape index (κ3) is 4.75. The van der Waals surface area contributed by atoms with Gasteiger partial charge >= 0.3 is 0 Å². The van der Waals surface area contributed by atoms with Crippen molar-refractivity contribution in [2.45, 2.75) is 24.8 Å². The SMILES string of the molecule is CNC(C)CNS(=O)(=O)c1ccc(C)c(C(N)=O)c1.Cl. The van der Waals surface area contributed by atoms with Gasteiger partial charge < -0.3 is 11.1 Å². The van der Waals surface area contributed by atoms with Gasteiger partial charge in [-0.25, -0.2) is 13.1 Å². The highest BCUT2D eigenvalue weighted by Crippen LogP contribution is 2.15. The van der Waals surface area contributed by atoms with Crippen LogP contribution in [-0.4, -0.2) is 34.0 Å². The van der Waals surface area contributed by atoms with Crippen LogP contribution in [0.3, 0.4) is 0 Å². The second kappa shape index (κ2) is 7.58. The molecule has 1 aromatic carbocycles. The molecular weight excluding hydrogens is 302 g/mol. The highest BCUT2D eigenvalue weighted by molar-refractivity contribution is 7.89. The van der Waals surface area contributed by atoms with Crippen molar-refractivity contribution in [3.63, 3.8) is 0 Å². The molecule has 0 aliphatic heterocycles. The van der Waals surface area contributed by atoms with Gasteiger partial charge in [0, 0.05) is 18.2 Å². The number of primary amides is 1. The first-order chi connectivity index (χ1) is 8.77. The van der Waals surface area contributed by atoms with E-state index in [-0.39, 0.29) is 35.5 Å². The van der Waals surface area contributed by atoms with E-state index >= 15 is 0 Å². The third-order valence-electron chi connectivity index (χ3n) is 2.86. The molecule has 0 saturated carbocycles. The second-order valence-electron chi connectivity index (χ2n) is 4.38. The van der Waals surface area contributed by atoms with Gasteiger partial charge in [-0.2, -0.15) is 0 Å². The molecule has 1 unspecified atom stereocenters. The van der Waals surface area contributed by atoms with E-state index in [1.165, 1.54) is 12.1 Å². The van der Waals surface area contributed by atoms with Crippen molar-refractivity contribution in [1.82, 2.24) is 10.0 Å². The average Bonchev–Trinajstić information content (AvgIpc) is 2.35. The van der Waals surface area contributed by atoms with Crippen molar-refractivity contribution in [3.8, 4) is 0 Å². The number of amides is 1. The summed E-state index contributed by atoms with van der Waals surface area (Å²) in [6.45, 7) is 3.82. The zero-order valence-electron chi connectivity index (χ0n) is 11.6. The molecule has 0 heterocycles. The summed E-state index contributed by atoms with van der Waals surface area (Å²) < 4.78 is 26.6. The third-order valence-corrected chi connectivity index (χ3v) is 4.28. The van der Waals surface area contributed by atoms with Crippen molar-refractivity contribution < 1.29 is 13.2 Å². The zero-order chi connectivity index (χ0) is 14.6. The van der Waals surface area contributed by atoms with Gasteiger partial charge in [0.1, 0.15) is 0 Å². The van der Waals surface area contributed by atoms with Crippen molar-refractivity contribution in [2.24, 2.45) is 5.73 Å². The number of nitrogens with one attached hydrogen (secondary N) is 2. The molecule has 114 valence electrons. The Morgan fingerprint density at radius 3 is 2.50 bits per heavy atom. The van der Waals surface area contributed by atoms with Crippen LogP contribution >= 0.6 is 12.4 Å². The van der Waals surface area contributed by atoms with E-state index in [9.17, 15) is 13.2 Å². The van der Waals surface area contributed by atoms with Crippen LogP contribution in [0.5, 0.6) is 0 Å². The number of benzene rings is 1. The van der Waals surface area contributed by atoms with Crippen molar-refractivity contribution in [2.75, 3.05) is 13.6 Å². The number of carbonyl (C=O) groups is 1. The van der Waals surface area contributed by atoms with Gasteiger partial charge in [0.2, 0.25) is 15.9 Å². The Kier molecular flexibility index (Phi) is 7.15. The number of sulfonamides is 1. The van der Waals surface area contributed by atoms with E-state index in [4.69, 9.17) is 5.73 Å². The average molecular weight is 322 g/mol. The summed E-state index contributed by atoms with van der Waals surface area (Å²) in [5.41, 5.74) is 6.07. The van der Waals surface area contributed by atoms with Crippen molar-refractivity contribution in [3.05, 3.63) is 29.3 Å². The Bertz CT molecular complexity index is 575. The number of nitrogens with two attached hydrogens (primary N) is 1. The maximum absolute atomic E-state index is 12.0. The Morgan fingerprint density at radius 2 is 2.00 bits per heavy atom. The summed E-state index contributed by atoms with van der Waals surface area (Å²) >= 11 is 0. The summed E-state index contributed by atoms with van der Waals surface area (Å²) in [6.07, 6.45) is 0. The summed E-state index contributed by atoms with van der Waals surface area (Å²) in [7, 11) is -1.89. The van der Waals surface area contributed by atoms with Gasteiger partial charge in [0.15, 0.2) is 0 Å². The van der Waals surface area contributed by atoms with Crippen LogP contribution in [0.1, 0.15) is 22.8 Å². The maximum atomic E-state index is 12.0. The highest BCUT2D eigenvalue weighted by Gasteiger charge is 2.17. The van der Waals surface area contributed by atoms with E-state index < -0.39 is 15.9 Å². The standard InChI is InChI=1S/C12H19N3O3S.ClH/c1-8-4-5-10(6-11(8)12(13)16)19(17,18)15-7-9(2)14-3;/h4-6,9,14-15H,7H2,1-3H3,(H2,13,16);1H. The molecule has 8 heteroatoms. The molecule has 1 aromatic rings. The van der Waals surface area contributed by atoms with E-state index in [1.807, 2.05) is 6.92 Å². The van der Waals surface area contributed by atoms with Crippen LogP contribution in [0.25, 0.3) is 0 Å². The number of carbonyl (C=O) groups excluding carboxylic acids is 1. The number of likely N-dealkylation sites (N-methyl/N-ethyl adjacent to an activating group) is 1. The first-order valence-corrected chi connectivity index (χ1v) is 7.33. The molecule has 6 nitrogen and oxygen atoms in total. The fourth-order valence-corrected chi connectivity index (χ4v) is 2.61. The first kappa shape index (κ1) is 18.9. The molecule has 0 aromatic heterocycles. The Hall–Kier alpha value is -1.15. The fraction of sp³-hybridized carbons (Fsp3) is 0.417. The number of aryl methyl sites for hydroxylation is 1. The largest absolute Gasteiger partial charge is 0.366 e. The molecule has 0 spiro atoms. The second-order valence-corrected chi connectivity index (χ2v) is 6.15. The quantitative estimate of drug-likeness (QED) is 0.706. The van der Waals surface area contributed by atoms with Crippen LogP contribution in [0.15, 0.2) is 23.1 Å². The Labute approximate surface area is 125 Å². The molecule has 0 radical (unpaired) electrons. The molecule has 1 rings (SSSR count). The van der Waals surface area contributed by atoms with Gasteiger partial charge in [-0.3, -0.25) is 4.79 Å². The number of hydrogen-bond donors (Lipinski definition) is 3. The normalized spacial score (nSPS) is 12.6. The van der Waals surface area contributed by atoms with E-state index in [1.54, 1.807) is 20.0 Å². The van der Waals surface area contributed by atoms with E-state index in [2.05, 4.69) is 10.0 Å². The monoisotopic (exact) mass is 321 g/mol. The lowest BCUT2D eigenvalue weighted by atomic mass is 10.1. The van der Waals surface area contributed by atoms with Gasteiger partial charge in [0.05, 0.1) is 4.90 Å². The molecule has 1 amide bonds. The summed E-state index contributed by atoms with van der Waals surface area (Å²) in [5, 5.41) is 2.93. The van der Waals surface area contributed by atoms with Gasteiger partial charge in [-0.05, 0) is 38.6 Å². The first-order valence-electron chi connectivity index (χ1n) is 5.85. The van der Waals surface area contributed by atoms with Crippen LogP contribution in [0.2, 0.25) is 0 Å². The van der Waals surface area contributed by atoms with Gasteiger partial charge in [0.25, 0.3) is 0 Å². The molecule has 0 fully saturated rings. The van der Waals surface area contributed by atoms with Crippen molar-refractivity contribution >= 4 is 28.3 Å². The lowest BCUT2D eigenvalue weighted by molar-refractivity contribution is 0.0999. The summed E-state index contributed by atoms with van der Waals surface area (Å²) in [5.74, 6) is -0.641. The molecular formula is C12H20ClN3O3S. The van der Waals surface area contributed by atoms with Gasteiger partial charge in [-0.15, -0.1) is 12.4 Å². The smallest absolute Gasteiger partial charge is 0.249 e. The van der Waals surface area contributed by atoms with Crippen LogP contribution in [0, 0.1) is 6.92 Å². The number of hydrogen-bond acceptors (Lipinski definition) is 4. The lowest BCUT2D eigenvalue weighted by Gasteiger charge is -2.12. The molecule has 0 aliphatic carbocycles. The molecule has 1 atom stereocenters. The fourth-order valence-electron chi connectivity index (χ4n) is 1.45. The Balaban J connectivity index is 0.00000361. The minimum atomic E-state index is -3.64. The predicted octanol–water partition coefficient (Wildman–Crippen LogP) is 0.402. The molecule has 0 saturated heterocycles. The van der Waals surface area contributed by atoms with E-state index in [0.717, 1.165) is 0 Å². The summed E-state index contributed by atoms with van der Waals surface area (Å²) in [6, 6.07) is 4.32.